The molecule has 0 aromatic carbocycles. The maximum absolute atomic E-state index is 12.4. The Hall–Kier alpha value is -2.16. The Morgan fingerprint density at radius 1 is 1.19 bits per heavy atom. The van der Waals surface area contributed by atoms with Crippen LogP contribution in [0.1, 0.15) is 44.1 Å². The first kappa shape index (κ1) is 20.2. The molecule has 2 heterocycles. The Morgan fingerprint density at radius 2 is 1.88 bits per heavy atom. The van der Waals surface area contributed by atoms with Crippen molar-refractivity contribution in [3.05, 3.63) is 17.0 Å². The molecule has 0 aliphatic rings. The number of nitrogens with one attached hydrogen (secondary N) is 2. The number of amides is 2. The molecule has 8 nitrogen and oxygen atoms in total. The fourth-order valence-corrected chi connectivity index (χ4v) is 2.86. The fourth-order valence-electron chi connectivity index (χ4n) is 2.52. The first-order valence-electron chi connectivity index (χ1n) is 8.63. The number of carbonyl (C=O) groups is 2. The molecular weight excluding hydrogens is 352 g/mol. The van der Waals surface area contributed by atoms with Gasteiger partial charge in [-0.05, 0) is 40.4 Å². The van der Waals surface area contributed by atoms with E-state index in [-0.39, 0.29) is 24.3 Å². The molecule has 0 aliphatic carbocycles. The molecule has 2 aromatic heterocycles. The van der Waals surface area contributed by atoms with Gasteiger partial charge in [-0.25, -0.2) is 9.50 Å². The van der Waals surface area contributed by atoms with Crippen molar-refractivity contribution in [3.63, 3.8) is 0 Å². The summed E-state index contributed by atoms with van der Waals surface area (Å²) in [6.07, 6.45) is 2.87. The van der Waals surface area contributed by atoms with Gasteiger partial charge in [-0.3, -0.25) is 9.59 Å². The van der Waals surface area contributed by atoms with E-state index in [0.717, 1.165) is 23.4 Å². The molecule has 2 amide bonds. The zero-order valence-corrected chi connectivity index (χ0v) is 16.9. The molecule has 2 atom stereocenters. The maximum atomic E-state index is 12.4. The lowest BCUT2D eigenvalue weighted by atomic mass is 10.1. The molecule has 0 spiro atoms. The van der Waals surface area contributed by atoms with Crippen LogP contribution in [0.4, 0.5) is 0 Å². The van der Waals surface area contributed by atoms with Crippen LogP contribution in [0.15, 0.2) is 5.16 Å². The number of hydrogen-bond acceptors (Lipinski definition) is 6. The first-order chi connectivity index (χ1) is 12.3. The second-order valence-electron chi connectivity index (χ2n) is 6.36. The third-order valence-electron chi connectivity index (χ3n) is 4.32. The second kappa shape index (κ2) is 8.48. The van der Waals surface area contributed by atoms with Crippen molar-refractivity contribution < 1.29 is 9.59 Å². The highest BCUT2D eigenvalue weighted by Gasteiger charge is 2.20. The summed E-state index contributed by atoms with van der Waals surface area (Å²) in [7, 11) is 0. The molecule has 0 fully saturated rings. The topological polar surface area (TPSA) is 101 Å². The van der Waals surface area contributed by atoms with E-state index in [1.807, 2.05) is 34.0 Å². The van der Waals surface area contributed by atoms with Crippen LogP contribution in [0, 0.1) is 13.8 Å². The van der Waals surface area contributed by atoms with Gasteiger partial charge in [-0.2, -0.15) is 4.98 Å². The van der Waals surface area contributed by atoms with Crippen molar-refractivity contribution in [1.82, 2.24) is 30.2 Å². The molecule has 2 rings (SSSR count). The van der Waals surface area contributed by atoms with Crippen molar-refractivity contribution in [2.45, 2.75) is 64.7 Å². The van der Waals surface area contributed by atoms with Gasteiger partial charge < -0.3 is 10.6 Å². The lowest BCUT2D eigenvalue weighted by molar-refractivity contribution is -0.128. The van der Waals surface area contributed by atoms with Crippen LogP contribution in [0.3, 0.4) is 0 Å². The van der Waals surface area contributed by atoms with E-state index in [9.17, 15) is 9.59 Å². The average molecular weight is 379 g/mol. The van der Waals surface area contributed by atoms with Crippen LogP contribution >= 0.6 is 11.8 Å². The number of nitrogens with zero attached hydrogens (tertiary/aromatic N) is 4. The van der Waals surface area contributed by atoms with E-state index in [1.54, 1.807) is 11.4 Å². The Bertz CT molecular complexity index is 819. The van der Waals surface area contributed by atoms with Gasteiger partial charge in [0.05, 0.1) is 6.42 Å². The lowest BCUT2D eigenvalue weighted by Crippen LogP contribution is -2.47. The Morgan fingerprint density at radius 3 is 2.50 bits per heavy atom. The van der Waals surface area contributed by atoms with E-state index < -0.39 is 6.04 Å². The summed E-state index contributed by atoms with van der Waals surface area (Å²) in [6.45, 7) is 9.35. The average Bonchev–Trinajstić information content (AvgIpc) is 3.01. The van der Waals surface area contributed by atoms with Crippen LogP contribution in [0.2, 0.25) is 0 Å². The highest BCUT2D eigenvalue weighted by Crippen LogP contribution is 2.17. The molecule has 2 N–H and O–H groups in total. The molecule has 0 aliphatic heterocycles. The van der Waals surface area contributed by atoms with Gasteiger partial charge in [-0.1, -0.05) is 18.7 Å². The van der Waals surface area contributed by atoms with Crippen molar-refractivity contribution in [2.75, 3.05) is 6.26 Å². The molecule has 2 aromatic rings. The lowest BCUT2D eigenvalue weighted by Gasteiger charge is -2.18. The van der Waals surface area contributed by atoms with Crippen molar-refractivity contribution >= 4 is 29.4 Å². The Balaban J connectivity index is 2.12. The van der Waals surface area contributed by atoms with Gasteiger partial charge in [0.25, 0.3) is 5.78 Å². The van der Waals surface area contributed by atoms with Crippen LogP contribution < -0.4 is 10.6 Å². The number of aryl methyl sites for hydroxylation is 2. The highest BCUT2D eigenvalue weighted by molar-refractivity contribution is 7.98. The zero-order valence-electron chi connectivity index (χ0n) is 16.1. The van der Waals surface area contributed by atoms with Crippen molar-refractivity contribution in [1.29, 1.82) is 0 Å². The third-order valence-corrected chi connectivity index (χ3v) is 4.86. The smallest absolute Gasteiger partial charge is 0.253 e. The summed E-state index contributed by atoms with van der Waals surface area (Å²) < 4.78 is 1.65. The molecule has 0 saturated heterocycles. The monoisotopic (exact) mass is 378 g/mol. The second-order valence-corrected chi connectivity index (χ2v) is 7.13. The van der Waals surface area contributed by atoms with Crippen LogP contribution in [0.25, 0.3) is 5.78 Å². The molecule has 2 unspecified atom stereocenters. The van der Waals surface area contributed by atoms with Gasteiger partial charge in [0.1, 0.15) is 6.04 Å². The summed E-state index contributed by atoms with van der Waals surface area (Å²) in [5, 5.41) is 10.6. The first-order valence-corrected chi connectivity index (χ1v) is 9.85. The van der Waals surface area contributed by atoms with Crippen LogP contribution in [0.5, 0.6) is 0 Å². The summed E-state index contributed by atoms with van der Waals surface area (Å²) in [6, 6.07) is -0.515. The summed E-state index contributed by atoms with van der Waals surface area (Å²) >= 11 is 1.44. The van der Waals surface area contributed by atoms with Gasteiger partial charge in [-0.15, -0.1) is 5.10 Å². The SMILES string of the molecule is CCC(C)NC(=O)C(C)NC(=O)Cc1c(C)nc2nc(SC)nn2c1C. The number of thioether (sulfide) groups is 1. The molecule has 0 bridgehead atoms. The summed E-state index contributed by atoms with van der Waals surface area (Å²) in [4.78, 5) is 33.3. The van der Waals surface area contributed by atoms with E-state index >= 15 is 0 Å². The molecule has 26 heavy (non-hydrogen) atoms. The Kier molecular flexibility index (Phi) is 6.57. The highest BCUT2D eigenvalue weighted by atomic mass is 32.2. The van der Waals surface area contributed by atoms with Gasteiger partial charge in [0.15, 0.2) is 0 Å². The van der Waals surface area contributed by atoms with E-state index in [1.165, 1.54) is 11.8 Å². The standard InChI is InChI=1S/C17H26N6O2S/c1-7-9(2)18-15(25)11(4)19-14(24)8-13-10(3)20-16-21-17(26-6)22-23(16)12(13)5/h9,11H,7-8H2,1-6H3,(H,18,25)(H,19,24). The molecule has 0 saturated carbocycles. The Labute approximate surface area is 157 Å². The predicted molar refractivity (Wildman–Crippen MR) is 101 cm³/mol. The fraction of sp³-hybridized carbons (Fsp3) is 0.588. The number of rotatable bonds is 7. The third kappa shape index (κ3) is 4.51. The zero-order chi connectivity index (χ0) is 19.4. The quantitative estimate of drug-likeness (QED) is 0.707. The molecule has 142 valence electrons. The molecular formula is C17H26N6O2S. The molecule has 9 heteroatoms. The minimum Gasteiger partial charge on any atom is -0.352 e. The summed E-state index contributed by atoms with van der Waals surface area (Å²) in [5.74, 6) is 0.111. The number of aromatic nitrogens is 4. The minimum atomic E-state index is -0.594. The van der Waals surface area contributed by atoms with Gasteiger partial charge >= 0.3 is 0 Å². The van der Waals surface area contributed by atoms with Crippen molar-refractivity contribution in [3.8, 4) is 0 Å². The van der Waals surface area contributed by atoms with Crippen LogP contribution in [-0.4, -0.2) is 49.7 Å². The van der Waals surface area contributed by atoms with E-state index in [2.05, 4.69) is 25.7 Å². The van der Waals surface area contributed by atoms with Gasteiger partial charge in [0.2, 0.25) is 17.0 Å². The predicted octanol–water partition coefficient (Wildman–Crippen LogP) is 1.42. The maximum Gasteiger partial charge on any atom is 0.253 e. The largest absolute Gasteiger partial charge is 0.352 e. The normalized spacial score (nSPS) is 13.5. The minimum absolute atomic E-state index is 0.0795. The van der Waals surface area contributed by atoms with E-state index in [4.69, 9.17) is 0 Å². The van der Waals surface area contributed by atoms with Gasteiger partial charge in [0, 0.05) is 23.0 Å². The summed E-state index contributed by atoms with van der Waals surface area (Å²) in [5.41, 5.74) is 2.36. The molecule has 0 radical (unpaired) electrons. The van der Waals surface area contributed by atoms with E-state index in [0.29, 0.717) is 10.9 Å². The van der Waals surface area contributed by atoms with Crippen LogP contribution in [-0.2, 0) is 16.0 Å². The number of hydrogen-bond donors (Lipinski definition) is 2. The number of carbonyl (C=O) groups excluding carboxylic acids is 2. The van der Waals surface area contributed by atoms with Crippen molar-refractivity contribution in [2.24, 2.45) is 0 Å². The number of fused-ring (bicyclic) bond motifs is 1.